The normalized spacial score (nSPS) is 10.5. The van der Waals surface area contributed by atoms with E-state index in [0.717, 1.165) is 0 Å². The van der Waals surface area contributed by atoms with Crippen LogP contribution in [0, 0.1) is 4.91 Å². The number of phenolic OH excluding ortho intramolecular Hbond substituents is 2. The van der Waals surface area contributed by atoms with E-state index < -0.39 is 5.91 Å². The van der Waals surface area contributed by atoms with Crippen LogP contribution in [0.25, 0.3) is 0 Å². The molecule has 118 valence electrons. The number of ether oxygens (including phenoxy) is 1. The van der Waals surface area contributed by atoms with Crippen LogP contribution in [0.5, 0.6) is 17.2 Å². The number of methoxy groups -OCH3 is 1. The minimum atomic E-state index is -0.538. The highest BCUT2D eigenvalue weighted by molar-refractivity contribution is 5.95. The average Bonchev–Trinajstić information content (AvgIpc) is 2.56. The summed E-state index contributed by atoms with van der Waals surface area (Å²) < 4.78 is 4.91. The molecule has 0 saturated heterocycles. The van der Waals surface area contributed by atoms with Crippen molar-refractivity contribution in [1.82, 2.24) is 5.43 Å². The van der Waals surface area contributed by atoms with Crippen molar-refractivity contribution in [2.45, 2.75) is 0 Å². The van der Waals surface area contributed by atoms with Gasteiger partial charge in [-0.2, -0.15) is 5.10 Å². The van der Waals surface area contributed by atoms with Crippen molar-refractivity contribution < 1.29 is 19.7 Å². The molecule has 0 saturated carbocycles. The molecule has 23 heavy (non-hydrogen) atoms. The quantitative estimate of drug-likeness (QED) is 0.444. The molecule has 0 aliphatic heterocycles. The molecular formula is C15H13N3O5. The zero-order valence-corrected chi connectivity index (χ0v) is 12.1. The van der Waals surface area contributed by atoms with Gasteiger partial charge < -0.3 is 14.9 Å². The molecule has 0 aliphatic carbocycles. The van der Waals surface area contributed by atoms with Gasteiger partial charge in [-0.05, 0) is 41.6 Å². The summed E-state index contributed by atoms with van der Waals surface area (Å²) in [6.07, 6.45) is 1.18. The summed E-state index contributed by atoms with van der Waals surface area (Å²) in [5.41, 5.74) is 2.83. The first-order valence-electron chi connectivity index (χ1n) is 6.42. The lowest BCUT2D eigenvalue weighted by Crippen LogP contribution is -2.17. The van der Waals surface area contributed by atoms with Gasteiger partial charge in [-0.15, -0.1) is 4.91 Å². The first-order valence-corrected chi connectivity index (χ1v) is 6.42. The molecular weight excluding hydrogens is 302 g/mol. The number of amides is 1. The number of nitrogens with zero attached hydrogens (tertiary/aromatic N) is 2. The highest BCUT2D eigenvalue weighted by Crippen LogP contribution is 2.26. The summed E-state index contributed by atoms with van der Waals surface area (Å²) in [7, 11) is 1.37. The largest absolute Gasteiger partial charge is 0.507 e. The fraction of sp³-hybridized carbons (Fsp3) is 0.0667. The van der Waals surface area contributed by atoms with Crippen molar-refractivity contribution in [3.8, 4) is 17.2 Å². The molecule has 0 unspecified atom stereocenters. The van der Waals surface area contributed by atoms with Crippen LogP contribution in [0.15, 0.2) is 46.7 Å². The molecule has 0 spiro atoms. The Bertz CT molecular complexity index is 774. The van der Waals surface area contributed by atoms with Crippen molar-refractivity contribution in [1.29, 1.82) is 0 Å². The van der Waals surface area contributed by atoms with Gasteiger partial charge in [-0.1, -0.05) is 0 Å². The first kappa shape index (κ1) is 16.0. The maximum absolute atomic E-state index is 11.9. The van der Waals surface area contributed by atoms with E-state index in [2.05, 4.69) is 15.7 Å². The van der Waals surface area contributed by atoms with Gasteiger partial charge in [0.25, 0.3) is 5.91 Å². The van der Waals surface area contributed by atoms with Gasteiger partial charge in [-0.3, -0.25) is 4.79 Å². The summed E-state index contributed by atoms with van der Waals surface area (Å²) in [5, 5.41) is 25.5. The van der Waals surface area contributed by atoms with Gasteiger partial charge in [0.1, 0.15) is 11.4 Å². The van der Waals surface area contributed by atoms with Crippen LogP contribution < -0.4 is 10.2 Å². The zero-order valence-electron chi connectivity index (χ0n) is 12.1. The molecule has 0 fully saturated rings. The Balaban J connectivity index is 2.11. The van der Waals surface area contributed by atoms with E-state index in [4.69, 9.17) is 4.74 Å². The van der Waals surface area contributed by atoms with Crippen LogP contribution in [0.2, 0.25) is 0 Å². The second kappa shape index (κ2) is 7.03. The Morgan fingerprint density at radius 3 is 2.61 bits per heavy atom. The number of aromatic hydroxyl groups is 2. The highest BCUT2D eigenvalue weighted by atomic mass is 16.5. The van der Waals surface area contributed by atoms with Crippen molar-refractivity contribution in [2.75, 3.05) is 7.11 Å². The predicted octanol–water partition coefficient (Wildman–Crippen LogP) is 2.27. The molecule has 2 aromatic carbocycles. The molecule has 0 aliphatic rings. The Kier molecular flexibility index (Phi) is 4.88. The average molecular weight is 315 g/mol. The van der Waals surface area contributed by atoms with Gasteiger partial charge in [0.05, 0.1) is 13.3 Å². The molecule has 8 heteroatoms. The molecule has 0 atom stereocenters. The lowest BCUT2D eigenvalue weighted by molar-refractivity contribution is 0.0954. The maximum atomic E-state index is 11.9. The summed E-state index contributed by atoms with van der Waals surface area (Å²) in [5.74, 6) is -0.579. The smallest absolute Gasteiger partial charge is 0.271 e. The lowest BCUT2D eigenvalue weighted by Gasteiger charge is -2.05. The van der Waals surface area contributed by atoms with Crippen LogP contribution >= 0.6 is 0 Å². The number of nitrogens with one attached hydrogen (secondary N) is 1. The Morgan fingerprint density at radius 1 is 1.17 bits per heavy atom. The first-order chi connectivity index (χ1) is 11.0. The van der Waals surface area contributed by atoms with Gasteiger partial charge >= 0.3 is 0 Å². The third kappa shape index (κ3) is 3.82. The standard InChI is InChI=1S/C15H13N3O5/c1-23-14-7-9(2-4-13(14)20)15(21)17-16-8-10-6-11(18-22)3-5-12(10)19/h2-8,19-20H,1H3,(H,17,21). The molecule has 0 heterocycles. The van der Waals surface area contributed by atoms with Crippen LogP contribution in [0.3, 0.4) is 0 Å². The van der Waals surface area contributed by atoms with Crippen molar-refractivity contribution >= 4 is 17.8 Å². The molecule has 2 rings (SSSR count). The number of benzene rings is 2. The van der Waals surface area contributed by atoms with Crippen molar-refractivity contribution in [3.63, 3.8) is 0 Å². The summed E-state index contributed by atoms with van der Waals surface area (Å²) in [6, 6.07) is 8.04. The van der Waals surface area contributed by atoms with Gasteiger partial charge in [0.15, 0.2) is 11.5 Å². The SMILES string of the molecule is COc1cc(C(=O)NN=Cc2cc(N=O)ccc2O)ccc1O. The number of hydrogen-bond donors (Lipinski definition) is 3. The predicted molar refractivity (Wildman–Crippen MR) is 83.3 cm³/mol. The van der Waals surface area contributed by atoms with E-state index >= 15 is 0 Å². The lowest BCUT2D eigenvalue weighted by atomic mass is 10.2. The summed E-state index contributed by atoms with van der Waals surface area (Å²) >= 11 is 0. The molecule has 1 amide bonds. The topological polar surface area (TPSA) is 121 Å². The number of hydrazone groups is 1. The number of carbonyl (C=O) groups excluding carboxylic acids is 1. The summed E-state index contributed by atoms with van der Waals surface area (Å²) in [6.45, 7) is 0. The monoisotopic (exact) mass is 315 g/mol. The van der Waals surface area contributed by atoms with Crippen LogP contribution in [0.1, 0.15) is 15.9 Å². The van der Waals surface area contributed by atoms with E-state index in [1.54, 1.807) is 0 Å². The van der Waals surface area contributed by atoms with E-state index in [9.17, 15) is 19.9 Å². The molecule has 0 radical (unpaired) electrons. The van der Waals surface area contributed by atoms with E-state index in [-0.39, 0.29) is 34.1 Å². The second-order valence-corrected chi connectivity index (χ2v) is 4.42. The highest BCUT2D eigenvalue weighted by Gasteiger charge is 2.09. The zero-order chi connectivity index (χ0) is 16.8. The molecule has 3 N–H and O–H groups in total. The van der Waals surface area contributed by atoms with E-state index in [1.165, 1.54) is 49.7 Å². The number of rotatable bonds is 5. The molecule has 8 nitrogen and oxygen atoms in total. The second-order valence-electron chi connectivity index (χ2n) is 4.42. The van der Waals surface area contributed by atoms with E-state index in [0.29, 0.717) is 0 Å². The molecule has 2 aromatic rings. The number of nitroso groups, excluding NO2 is 1. The van der Waals surface area contributed by atoms with Gasteiger partial charge in [-0.25, -0.2) is 5.43 Å². The maximum Gasteiger partial charge on any atom is 0.271 e. The third-order valence-corrected chi connectivity index (χ3v) is 2.93. The number of carbonyl (C=O) groups is 1. The van der Waals surface area contributed by atoms with Crippen molar-refractivity contribution in [3.05, 3.63) is 52.4 Å². The Morgan fingerprint density at radius 2 is 1.91 bits per heavy atom. The number of phenols is 2. The Labute approximate surface area is 131 Å². The fourth-order valence-corrected chi connectivity index (χ4v) is 1.75. The minimum Gasteiger partial charge on any atom is -0.507 e. The summed E-state index contributed by atoms with van der Waals surface area (Å²) in [4.78, 5) is 22.4. The van der Waals surface area contributed by atoms with Crippen molar-refractivity contribution in [2.24, 2.45) is 10.3 Å². The van der Waals surface area contributed by atoms with Crippen LogP contribution in [-0.2, 0) is 0 Å². The van der Waals surface area contributed by atoms with E-state index in [1.807, 2.05) is 0 Å². The van der Waals surface area contributed by atoms with Crippen LogP contribution in [-0.4, -0.2) is 29.4 Å². The van der Waals surface area contributed by atoms with Gasteiger partial charge in [0, 0.05) is 11.1 Å². The molecule has 0 aromatic heterocycles. The minimum absolute atomic E-state index is 0.0874. The Hall–Kier alpha value is -3.42. The van der Waals surface area contributed by atoms with Crippen LogP contribution in [0.4, 0.5) is 5.69 Å². The third-order valence-electron chi connectivity index (χ3n) is 2.93. The van der Waals surface area contributed by atoms with Gasteiger partial charge in [0.2, 0.25) is 0 Å². The molecule has 0 bridgehead atoms. The fourth-order valence-electron chi connectivity index (χ4n) is 1.75. The number of hydrogen-bond acceptors (Lipinski definition) is 7.